The van der Waals surface area contributed by atoms with E-state index >= 15 is 0 Å². The number of imidazole rings is 2. The maximum absolute atomic E-state index is 13.1. The number of aromatic amines is 1. The van der Waals surface area contributed by atoms with Crippen LogP contribution in [0.4, 0.5) is 8.78 Å². The molecule has 1 amide bonds. The van der Waals surface area contributed by atoms with Crippen LogP contribution in [0, 0.1) is 0 Å². The number of carbonyl (C=O) groups excluding carboxylic acids is 1. The molecule has 10 heteroatoms. The van der Waals surface area contributed by atoms with Crippen molar-refractivity contribution < 1.29 is 23.0 Å². The van der Waals surface area contributed by atoms with Crippen molar-refractivity contribution in [2.24, 2.45) is 7.05 Å². The van der Waals surface area contributed by atoms with E-state index in [2.05, 4.69) is 20.3 Å². The number of hydrogen-bond acceptors (Lipinski definition) is 5. The number of alkyl halides is 2. The van der Waals surface area contributed by atoms with E-state index in [1.54, 1.807) is 49.4 Å². The Labute approximate surface area is 182 Å². The zero-order valence-corrected chi connectivity index (χ0v) is 17.6. The molecule has 2 heterocycles. The number of hydrogen-bond donors (Lipinski definition) is 2. The molecule has 4 aromatic rings. The van der Waals surface area contributed by atoms with Gasteiger partial charge in [0, 0.05) is 31.1 Å². The van der Waals surface area contributed by atoms with Gasteiger partial charge in [0.05, 0.1) is 25.3 Å². The molecule has 8 nitrogen and oxygen atoms in total. The predicted molar refractivity (Wildman–Crippen MR) is 113 cm³/mol. The molecule has 2 aromatic heterocycles. The molecule has 166 valence electrons. The van der Waals surface area contributed by atoms with Gasteiger partial charge in [-0.25, -0.2) is 18.7 Å². The van der Waals surface area contributed by atoms with Crippen molar-refractivity contribution in [3.8, 4) is 11.5 Å². The minimum atomic E-state index is -2.73. The van der Waals surface area contributed by atoms with Crippen molar-refractivity contribution in [1.82, 2.24) is 24.8 Å². The van der Waals surface area contributed by atoms with E-state index < -0.39 is 24.2 Å². The number of amides is 1. The lowest BCUT2D eigenvalue weighted by Gasteiger charge is -2.20. The van der Waals surface area contributed by atoms with Crippen molar-refractivity contribution in [3.05, 3.63) is 71.6 Å². The molecule has 2 aromatic carbocycles. The Balaban J connectivity index is 1.71. The van der Waals surface area contributed by atoms with Gasteiger partial charge in [0.15, 0.2) is 5.82 Å². The predicted octanol–water partition coefficient (Wildman–Crippen LogP) is 3.77. The summed E-state index contributed by atoms with van der Waals surface area (Å²) in [7, 11) is 4.90. The van der Waals surface area contributed by atoms with Gasteiger partial charge in [-0.05, 0) is 35.9 Å². The zero-order valence-electron chi connectivity index (χ0n) is 17.6. The van der Waals surface area contributed by atoms with Crippen molar-refractivity contribution >= 4 is 16.9 Å². The van der Waals surface area contributed by atoms with Crippen LogP contribution in [-0.2, 0) is 7.05 Å². The zero-order chi connectivity index (χ0) is 22.8. The van der Waals surface area contributed by atoms with Gasteiger partial charge in [-0.2, -0.15) is 0 Å². The number of H-pyrrole nitrogens is 1. The maximum Gasteiger partial charge on any atom is 0.295 e. The summed E-state index contributed by atoms with van der Waals surface area (Å²) in [6.07, 6.45) is 0.679. The largest absolute Gasteiger partial charge is 0.497 e. The quantitative estimate of drug-likeness (QED) is 0.455. The molecule has 1 atom stereocenters. The fraction of sp³-hybridized carbons (Fsp3) is 0.227. The number of aromatic nitrogens is 4. The molecule has 32 heavy (non-hydrogen) atoms. The molecule has 1 unspecified atom stereocenters. The molecule has 2 N–H and O–H groups in total. The summed E-state index contributed by atoms with van der Waals surface area (Å²) >= 11 is 0. The summed E-state index contributed by atoms with van der Waals surface area (Å²) in [5, 5.41) is 2.97. The molecule has 0 saturated heterocycles. The summed E-state index contributed by atoms with van der Waals surface area (Å²) in [5.41, 5.74) is 1.70. The van der Waals surface area contributed by atoms with Gasteiger partial charge >= 0.3 is 0 Å². The summed E-state index contributed by atoms with van der Waals surface area (Å²) in [4.78, 5) is 23.9. The Morgan fingerprint density at radius 1 is 1.12 bits per heavy atom. The number of benzene rings is 2. The highest BCUT2D eigenvalue weighted by molar-refractivity contribution is 5.97. The first kappa shape index (κ1) is 21.3. The number of halogens is 2. The summed E-state index contributed by atoms with van der Waals surface area (Å²) in [6, 6.07) is 9.23. The maximum atomic E-state index is 13.1. The SMILES string of the molecule is COc1cc(OC)cc(C(NC(=O)c2ccc3nc(C(F)F)[nH]c3c2)c2nccn2C)c1. The van der Waals surface area contributed by atoms with Gasteiger partial charge in [0.2, 0.25) is 0 Å². The van der Waals surface area contributed by atoms with Gasteiger partial charge < -0.3 is 24.3 Å². The Bertz CT molecular complexity index is 1250. The van der Waals surface area contributed by atoms with Crippen LogP contribution in [-0.4, -0.2) is 39.6 Å². The van der Waals surface area contributed by atoms with Gasteiger partial charge in [-0.15, -0.1) is 0 Å². The molecule has 0 aliphatic rings. The topological polar surface area (TPSA) is 94.1 Å². The van der Waals surface area contributed by atoms with E-state index in [4.69, 9.17) is 9.47 Å². The summed E-state index contributed by atoms with van der Waals surface area (Å²) in [5.74, 6) is 0.871. The standard InChI is InChI=1S/C22H21F2N5O3/c1-29-7-6-25-21(29)18(13-8-14(31-2)11-15(9-13)32-3)28-22(30)12-4-5-16-17(10-12)27-20(26-16)19(23)24/h4-11,18-19H,1-3H3,(H,26,27)(H,28,30). The smallest absolute Gasteiger partial charge is 0.295 e. The fourth-order valence-corrected chi connectivity index (χ4v) is 3.44. The molecule has 0 saturated carbocycles. The lowest BCUT2D eigenvalue weighted by Crippen LogP contribution is -2.31. The monoisotopic (exact) mass is 441 g/mol. The molecule has 0 fully saturated rings. The Morgan fingerprint density at radius 3 is 2.44 bits per heavy atom. The number of ether oxygens (including phenoxy) is 2. The Hall–Kier alpha value is -3.95. The highest BCUT2D eigenvalue weighted by Crippen LogP contribution is 2.30. The molecular formula is C22H21F2N5O3. The van der Waals surface area contributed by atoms with E-state index in [1.165, 1.54) is 18.2 Å². The minimum absolute atomic E-state index is 0.288. The average molecular weight is 441 g/mol. The first-order chi connectivity index (χ1) is 15.4. The third-order valence-corrected chi connectivity index (χ3v) is 5.07. The number of nitrogens with zero attached hydrogens (tertiary/aromatic N) is 3. The van der Waals surface area contributed by atoms with Crippen molar-refractivity contribution in [2.45, 2.75) is 12.5 Å². The Morgan fingerprint density at radius 2 is 1.84 bits per heavy atom. The van der Waals surface area contributed by atoms with Crippen LogP contribution in [0.15, 0.2) is 48.8 Å². The highest BCUT2D eigenvalue weighted by atomic mass is 19.3. The lowest BCUT2D eigenvalue weighted by molar-refractivity contribution is 0.0941. The van der Waals surface area contributed by atoms with Crippen LogP contribution in [0.2, 0.25) is 0 Å². The van der Waals surface area contributed by atoms with Gasteiger partial charge in [-0.3, -0.25) is 4.79 Å². The van der Waals surface area contributed by atoms with Gasteiger partial charge in [0.25, 0.3) is 12.3 Å². The van der Waals surface area contributed by atoms with Crippen LogP contribution in [0.3, 0.4) is 0 Å². The van der Waals surface area contributed by atoms with E-state index in [0.29, 0.717) is 33.9 Å². The third kappa shape index (κ3) is 4.11. The second-order valence-corrected chi connectivity index (χ2v) is 7.10. The molecule has 0 bridgehead atoms. The van der Waals surface area contributed by atoms with E-state index in [-0.39, 0.29) is 5.56 Å². The summed E-state index contributed by atoms with van der Waals surface area (Å²) in [6.45, 7) is 0. The van der Waals surface area contributed by atoms with E-state index in [1.807, 2.05) is 7.05 Å². The highest BCUT2D eigenvalue weighted by Gasteiger charge is 2.23. The second kappa shape index (κ2) is 8.66. The average Bonchev–Trinajstić information content (AvgIpc) is 3.42. The van der Waals surface area contributed by atoms with Crippen molar-refractivity contribution in [2.75, 3.05) is 14.2 Å². The normalized spacial score (nSPS) is 12.2. The number of rotatable bonds is 7. The molecule has 4 rings (SSSR count). The van der Waals surface area contributed by atoms with Crippen LogP contribution in [0.1, 0.15) is 40.0 Å². The fourth-order valence-electron chi connectivity index (χ4n) is 3.44. The Kier molecular flexibility index (Phi) is 5.76. The van der Waals surface area contributed by atoms with Gasteiger partial charge in [-0.1, -0.05) is 0 Å². The molecule has 0 aliphatic heterocycles. The molecular weight excluding hydrogens is 420 g/mol. The van der Waals surface area contributed by atoms with E-state index in [9.17, 15) is 13.6 Å². The number of fused-ring (bicyclic) bond motifs is 1. The number of nitrogens with one attached hydrogen (secondary N) is 2. The number of carbonyl (C=O) groups is 1. The number of methoxy groups -OCH3 is 2. The van der Waals surface area contributed by atoms with Crippen LogP contribution in [0.25, 0.3) is 11.0 Å². The first-order valence-corrected chi connectivity index (χ1v) is 9.68. The molecule has 0 radical (unpaired) electrons. The minimum Gasteiger partial charge on any atom is -0.497 e. The van der Waals surface area contributed by atoms with Crippen LogP contribution in [0.5, 0.6) is 11.5 Å². The third-order valence-electron chi connectivity index (χ3n) is 5.07. The molecule has 0 aliphatic carbocycles. The summed E-state index contributed by atoms with van der Waals surface area (Å²) < 4.78 is 38.4. The number of aryl methyl sites for hydroxylation is 1. The second-order valence-electron chi connectivity index (χ2n) is 7.10. The first-order valence-electron chi connectivity index (χ1n) is 9.68. The molecule has 0 spiro atoms. The van der Waals surface area contributed by atoms with Crippen molar-refractivity contribution in [1.29, 1.82) is 0 Å². The van der Waals surface area contributed by atoms with Crippen molar-refractivity contribution in [3.63, 3.8) is 0 Å². The van der Waals surface area contributed by atoms with Gasteiger partial charge in [0.1, 0.15) is 23.4 Å². The van der Waals surface area contributed by atoms with Crippen LogP contribution < -0.4 is 14.8 Å². The lowest BCUT2D eigenvalue weighted by atomic mass is 10.0. The van der Waals surface area contributed by atoms with Crippen LogP contribution >= 0.6 is 0 Å². The van der Waals surface area contributed by atoms with E-state index in [0.717, 1.165) is 0 Å².